The summed E-state index contributed by atoms with van der Waals surface area (Å²) in [6.07, 6.45) is 1.26. The summed E-state index contributed by atoms with van der Waals surface area (Å²) in [6, 6.07) is 6.58. The number of hydrogen-bond acceptors (Lipinski definition) is 3. The fourth-order valence-electron chi connectivity index (χ4n) is 2.05. The quantitative estimate of drug-likeness (QED) is 0.851. The standard InChI is InChI=1S/C14H21NO2/c1-14(2)8-13(14)15-9-10-5-6-11(16-3)7-12(10)17-4/h5-7,13,15H,8-9H2,1-4H3. The maximum Gasteiger partial charge on any atom is 0.127 e. The van der Waals surface area contributed by atoms with Gasteiger partial charge in [-0.15, -0.1) is 0 Å². The Morgan fingerprint density at radius 3 is 2.53 bits per heavy atom. The number of rotatable bonds is 5. The van der Waals surface area contributed by atoms with E-state index in [1.165, 1.54) is 12.0 Å². The smallest absolute Gasteiger partial charge is 0.127 e. The zero-order chi connectivity index (χ0) is 12.5. The topological polar surface area (TPSA) is 30.5 Å². The molecule has 0 radical (unpaired) electrons. The SMILES string of the molecule is COc1ccc(CNC2CC2(C)C)c(OC)c1. The van der Waals surface area contributed by atoms with Crippen molar-refractivity contribution in [2.75, 3.05) is 14.2 Å². The van der Waals surface area contributed by atoms with Gasteiger partial charge in [-0.25, -0.2) is 0 Å². The fraction of sp³-hybridized carbons (Fsp3) is 0.571. The van der Waals surface area contributed by atoms with Crippen LogP contribution in [0, 0.1) is 5.41 Å². The summed E-state index contributed by atoms with van der Waals surface area (Å²) >= 11 is 0. The molecule has 1 unspecified atom stereocenters. The van der Waals surface area contributed by atoms with Gasteiger partial charge in [0.25, 0.3) is 0 Å². The van der Waals surface area contributed by atoms with E-state index in [0.29, 0.717) is 11.5 Å². The van der Waals surface area contributed by atoms with Gasteiger partial charge in [-0.1, -0.05) is 19.9 Å². The molecule has 1 aromatic rings. The molecule has 1 aromatic carbocycles. The molecular weight excluding hydrogens is 214 g/mol. The molecule has 0 amide bonds. The molecule has 94 valence electrons. The van der Waals surface area contributed by atoms with Gasteiger partial charge in [0.15, 0.2) is 0 Å². The van der Waals surface area contributed by atoms with Gasteiger partial charge in [-0.3, -0.25) is 0 Å². The number of nitrogens with one attached hydrogen (secondary N) is 1. The lowest BCUT2D eigenvalue weighted by atomic mass is 10.1. The molecule has 1 saturated carbocycles. The van der Waals surface area contributed by atoms with Crippen molar-refractivity contribution in [3.8, 4) is 11.5 Å². The Bertz CT molecular complexity index is 401. The highest BCUT2D eigenvalue weighted by Crippen LogP contribution is 2.44. The Kier molecular flexibility index (Phi) is 3.29. The predicted molar refractivity (Wildman–Crippen MR) is 68.6 cm³/mol. The van der Waals surface area contributed by atoms with E-state index in [2.05, 4.69) is 25.2 Å². The van der Waals surface area contributed by atoms with Crippen molar-refractivity contribution in [3.05, 3.63) is 23.8 Å². The number of methoxy groups -OCH3 is 2. The molecule has 0 saturated heterocycles. The van der Waals surface area contributed by atoms with E-state index in [1.807, 2.05) is 12.1 Å². The Balaban J connectivity index is 2.00. The average Bonchev–Trinajstić information content (AvgIpc) is 2.94. The van der Waals surface area contributed by atoms with Gasteiger partial charge < -0.3 is 14.8 Å². The third-order valence-electron chi connectivity index (χ3n) is 3.55. The summed E-state index contributed by atoms with van der Waals surface area (Å²) < 4.78 is 10.6. The summed E-state index contributed by atoms with van der Waals surface area (Å²) in [7, 11) is 3.36. The Labute approximate surface area is 103 Å². The Morgan fingerprint density at radius 1 is 1.29 bits per heavy atom. The first-order valence-electron chi connectivity index (χ1n) is 6.01. The molecule has 0 aliphatic heterocycles. The Hall–Kier alpha value is -1.22. The molecule has 0 bridgehead atoms. The maximum absolute atomic E-state index is 5.37. The molecule has 3 heteroatoms. The molecule has 0 aromatic heterocycles. The van der Waals surface area contributed by atoms with Gasteiger partial charge in [0.05, 0.1) is 14.2 Å². The molecule has 1 fully saturated rings. The van der Waals surface area contributed by atoms with Crippen LogP contribution in [0.5, 0.6) is 11.5 Å². The van der Waals surface area contributed by atoms with E-state index in [9.17, 15) is 0 Å². The highest BCUT2D eigenvalue weighted by Gasteiger charge is 2.45. The van der Waals surface area contributed by atoms with Crippen molar-refractivity contribution in [2.45, 2.75) is 32.9 Å². The van der Waals surface area contributed by atoms with Gasteiger partial charge >= 0.3 is 0 Å². The first-order chi connectivity index (χ1) is 8.06. The van der Waals surface area contributed by atoms with Crippen LogP contribution in [0.3, 0.4) is 0 Å². The van der Waals surface area contributed by atoms with Crippen LogP contribution in [0.2, 0.25) is 0 Å². The van der Waals surface area contributed by atoms with Gasteiger partial charge in [0.1, 0.15) is 11.5 Å². The molecule has 1 atom stereocenters. The largest absolute Gasteiger partial charge is 0.497 e. The highest BCUT2D eigenvalue weighted by molar-refractivity contribution is 5.40. The minimum Gasteiger partial charge on any atom is -0.497 e. The van der Waals surface area contributed by atoms with Crippen molar-refractivity contribution in [1.82, 2.24) is 5.32 Å². The van der Waals surface area contributed by atoms with Crippen molar-refractivity contribution >= 4 is 0 Å². The lowest BCUT2D eigenvalue weighted by molar-refractivity contribution is 0.389. The third kappa shape index (κ3) is 2.72. The molecular formula is C14H21NO2. The van der Waals surface area contributed by atoms with E-state index >= 15 is 0 Å². The Morgan fingerprint density at radius 2 is 2.00 bits per heavy atom. The lowest BCUT2D eigenvalue weighted by Crippen LogP contribution is -2.20. The lowest BCUT2D eigenvalue weighted by Gasteiger charge is -2.12. The van der Waals surface area contributed by atoms with E-state index in [-0.39, 0.29) is 0 Å². The van der Waals surface area contributed by atoms with Crippen LogP contribution in [-0.4, -0.2) is 20.3 Å². The second kappa shape index (κ2) is 4.57. The van der Waals surface area contributed by atoms with Crippen molar-refractivity contribution in [3.63, 3.8) is 0 Å². The normalized spacial score (nSPS) is 21.1. The summed E-state index contributed by atoms with van der Waals surface area (Å²) in [5.74, 6) is 1.72. The average molecular weight is 235 g/mol. The second-order valence-electron chi connectivity index (χ2n) is 5.30. The molecule has 1 aliphatic carbocycles. The predicted octanol–water partition coefficient (Wildman–Crippen LogP) is 2.59. The molecule has 17 heavy (non-hydrogen) atoms. The minimum absolute atomic E-state index is 0.458. The zero-order valence-corrected chi connectivity index (χ0v) is 11.0. The molecule has 3 nitrogen and oxygen atoms in total. The van der Waals surface area contributed by atoms with E-state index < -0.39 is 0 Å². The van der Waals surface area contributed by atoms with Crippen LogP contribution in [0.4, 0.5) is 0 Å². The van der Waals surface area contributed by atoms with Gasteiger partial charge in [0.2, 0.25) is 0 Å². The maximum atomic E-state index is 5.37. The summed E-state index contributed by atoms with van der Waals surface area (Å²) in [4.78, 5) is 0. The second-order valence-corrected chi connectivity index (χ2v) is 5.30. The van der Waals surface area contributed by atoms with Crippen molar-refractivity contribution in [2.24, 2.45) is 5.41 Å². The number of ether oxygens (including phenoxy) is 2. The molecule has 0 heterocycles. The first kappa shape index (κ1) is 12.2. The van der Waals surface area contributed by atoms with E-state index in [4.69, 9.17) is 9.47 Å². The van der Waals surface area contributed by atoms with Crippen LogP contribution in [-0.2, 0) is 6.54 Å². The zero-order valence-electron chi connectivity index (χ0n) is 11.0. The number of benzene rings is 1. The first-order valence-corrected chi connectivity index (χ1v) is 6.01. The monoisotopic (exact) mass is 235 g/mol. The molecule has 0 spiro atoms. The van der Waals surface area contributed by atoms with Crippen LogP contribution in [0.15, 0.2) is 18.2 Å². The van der Waals surface area contributed by atoms with Crippen LogP contribution in [0.1, 0.15) is 25.8 Å². The van der Waals surface area contributed by atoms with Crippen LogP contribution in [0.25, 0.3) is 0 Å². The van der Waals surface area contributed by atoms with Crippen molar-refractivity contribution < 1.29 is 9.47 Å². The summed E-state index contributed by atoms with van der Waals surface area (Å²) in [5, 5.41) is 3.55. The highest BCUT2D eigenvalue weighted by atomic mass is 16.5. The van der Waals surface area contributed by atoms with Crippen LogP contribution >= 0.6 is 0 Å². The summed E-state index contributed by atoms with van der Waals surface area (Å²) in [6.45, 7) is 5.42. The molecule has 1 N–H and O–H groups in total. The van der Waals surface area contributed by atoms with Crippen LogP contribution < -0.4 is 14.8 Å². The number of hydrogen-bond donors (Lipinski definition) is 1. The van der Waals surface area contributed by atoms with E-state index in [1.54, 1.807) is 14.2 Å². The molecule has 1 aliphatic rings. The van der Waals surface area contributed by atoms with Gasteiger partial charge in [0, 0.05) is 24.2 Å². The van der Waals surface area contributed by atoms with Gasteiger partial charge in [-0.2, -0.15) is 0 Å². The van der Waals surface area contributed by atoms with Crippen molar-refractivity contribution in [1.29, 1.82) is 0 Å². The third-order valence-corrected chi connectivity index (χ3v) is 3.55. The van der Waals surface area contributed by atoms with E-state index in [0.717, 1.165) is 18.0 Å². The summed E-state index contributed by atoms with van der Waals surface area (Å²) in [5.41, 5.74) is 1.63. The minimum atomic E-state index is 0.458. The van der Waals surface area contributed by atoms with Gasteiger partial charge in [-0.05, 0) is 17.9 Å². The molecule has 2 rings (SSSR count). The fourth-order valence-corrected chi connectivity index (χ4v) is 2.05.